The maximum absolute atomic E-state index is 13.3. The molecule has 98 valence electrons. The Morgan fingerprint density at radius 1 is 1.44 bits per heavy atom. The minimum Gasteiger partial charge on any atom is -0.307 e. The highest BCUT2D eigenvalue weighted by atomic mass is 79.9. The van der Waals surface area contributed by atoms with Crippen LogP contribution < -0.4 is 5.32 Å². The molecule has 0 fully saturated rings. The van der Waals surface area contributed by atoms with Gasteiger partial charge in [0, 0.05) is 0 Å². The monoisotopic (exact) mass is 311 g/mol. The molecule has 18 heavy (non-hydrogen) atoms. The number of nitrogens with one attached hydrogen (secondary N) is 1. The fraction of sp³-hybridized carbons (Fsp3) is 0.467. The van der Waals surface area contributed by atoms with Crippen molar-refractivity contribution < 1.29 is 4.39 Å². The molecule has 3 heteroatoms. The molecule has 0 aliphatic heterocycles. The van der Waals surface area contributed by atoms with Crippen molar-refractivity contribution in [1.29, 1.82) is 0 Å². The number of rotatable bonds is 5. The average Bonchev–Trinajstić information content (AvgIpc) is 2.88. The lowest BCUT2D eigenvalue weighted by molar-refractivity contribution is 0.574. The maximum atomic E-state index is 13.3. The second-order valence-corrected chi connectivity index (χ2v) is 5.59. The SMILES string of the molecule is CCCNC(C1=CCCC1)c1ccc(F)c(Br)c1. The van der Waals surface area contributed by atoms with Crippen molar-refractivity contribution in [2.75, 3.05) is 6.54 Å². The van der Waals surface area contributed by atoms with Crippen molar-refractivity contribution in [2.45, 2.75) is 38.6 Å². The number of halogens is 2. The van der Waals surface area contributed by atoms with Crippen LogP contribution in [0, 0.1) is 5.82 Å². The molecule has 0 saturated heterocycles. The van der Waals surface area contributed by atoms with Gasteiger partial charge in [0.25, 0.3) is 0 Å². The number of benzene rings is 1. The molecule has 0 amide bonds. The van der Waals surface area contributed by atoms with E-state index in [9.17, 15) is 4.39 Å². The number of allylic oxidation sites excluding steroid dienone is 1. The Morgan fingerprint density at radius 2 is 2.28 bits per heavy atom. The summed E-state index contributed by atoms with van der Waals surface area (Å²) in [5, 5.41) is 3.56. The Bertz CT molecular complexity index is 442. The van der Waals surface area contributed by atoms with E-state index in [0.29, 0.717) is 4.47 Å². The van der Waals surface area contributed by atoms with E-state index in [0.717, 1.165) is 24.9 Å². The van der Waals surface area contributed by atoms with Crippen LogP contribution in [0.4, 0.5) is 4.39 Å². The summed E-state index contributed by atoms with van der Waals surface area (Å²) in [6, 6.07) is 5.55. The minimum absolute atomic E-state index is 0.201. The van der Waals surface area contributed by atoms with Crippen molar-refractivity contribution in [3.05, 3.63) is 45.7 Å². The Labute approximate surface area is 117 Å². The predicted octanol–water partition coefficient (Wildman–Crippen LogP) is 4.74. The lowest BCUT2D eigenvalue weighted by atomic mass is 9.98. The molecule has 0 saturated carbocycles. The number of hydrogen-bond donors (Lipinski definition) is 1. The van der Waals surface area contributed by atoms with Crippen molar-refractivity contribution in [3.63, 3.8) is 0 Å². The second kappa shape index (κ2) is 6.48. The van der Waals surface area contributed by atoms with Gasteiger partial charge in [-0.1, -0.05) is 24.6 Å². The Hall–Kier alpha value is -0.670. The summed E-state index contributed by atoms with van der Waals surface area (Å²) < 4.78 is 13.9. The molecule has 0 bridgehead atoms. The van der Waals surface area contributed by atoms with Gasteiger partial charge in [-0.25, -0.2) is 4.39 Å². The first kappa shape index (κ1) is 13.8. The summed E-state index contributed by atoms with van der Waals surface area (Å²) in [5.74, 6) is -0.201. The van der Waals surface area contributed by atoms with E-state index < -0.39 is 0 Å². The highest BCUT2D eigenvalue weighted by Crippen LogP contribution is 2.32. The van der Waals surface area contributed by atoms with Crippen LogP contribution in [0.1, 0.15) is 44.2 Å². The van der Waals surface area contributed by atoms with Gasteiger partial charge in [0.15, 0.2) is 0 Å². The largest absolute Gasteiger partial charge is 0.307 e. The molecule has 0 spiro atoms. The van der Waals surface area contributed by atoms with E-state index in [1.54, 1.807) is 0 Å². The summed E-state index contributed by atoms with van der Waals surface area (Å²) >= 11 is 3.27. The van der Waals surface area contributed by atoms with Crippen LogP contribution >= 0.6 is 15.9 Å². The van der Waals surface area contributed by atoms with Crippen LogP contribution in [0.2, 0.25) is 0 Å². The third kappa shape index (κ3) is 3.21. The standard InChI is InChI=1S/C15H19BrFN/c1-2-9-18-15(11-5-3-4-6-11)12-7-8-14(17)13(16)10-12/h5,7-8,10,15,18H,2-4,6,9H2,1H3. The summed E-state index contributed by atoms with van der Waals surface area (Å²) in [5.41, 5.74) is 2.59. The molecule has 1 N–H and O–H groups in total. The molecule has 1 atom stereocenters. The van der Waals surface area contributed by atoms with Gasteiger partial charge in [-0.05, 0) is 65.9 Å². The summed E-state index contributed by atoms with van der Waals surface area (Å²) in [6.07, 6.45) is 6.98. The van der Waals surface area contributed by atoms with Gasteiger partial charge in [-0.15, -0.1) is 0 Å². The predicted molar refractivity (Wildman–Crippen MR) is 77.1 cm³/mol. The fourth-order valence-electron chi connectivity index (χ4n) is 2.40. The molecular weight excluding hydrogens is 293 g/mol. The first-order valence-corrected chi connectivity index (χ1v) is 7.39. The van der Waals surface area contributed by atoms with E-state index >= 15 is 0 Å². The highest BCUT2D eigenvalue weighted by molar-refractivity contribution is 9.10. The normalized spacial score (nSPS) is 16.7. The van der Waals surface area contributed by atoms with E-state index in [1.165, 1.54) is 24.5 Å². The Kier molecular flexibility index (Phi) is 4.95. The van der Waals surface area contributed by atoms with Gasteiger partial charge in [-0.2, -0.15) is 0 Å². The molecular formula is C15H19BrFN. The van der Waals surface area contributed by atoms with Gasteiger partial charge < -0.3 is 5.32 Å². The van der Waals surface area contributed by atoms with E-state index in [1.807, 2.05) is 12.1 Å². The molecule has 0 radical (unpaired) electrons. The van der Waals surface area contributed by atoms with Crippen LogP contribution in [-0.2, 0) is 0 Å². The van der Waals surface area contributed by atoms with Crippen molar-refractivity contribution in [3.8, 4) is 0 Å². The Balaban J connectivity index is 2.23. The first-order chi connectivity index (χ1) is 8.72. The molecule has 1 unspecified atom stereocenters. The van der Waals surface area contributed by atoms with Gasteiger partial charge in [0.1, 0.15) is 5.82 Å². The number of hydrogen-bond acceptors (Lipinski definition) is 1. The molecule has 1 aromatic carbocycles. The van der Waals surface area contributed by atoms with E-state index in [4.69, 9.17) is 0 Å². The lowest BCUT2D eigenvalue weighted by Gasteiger charge is -2.21. The molecule has 1 aliphatic carbocycles. The van der Waals surface area contributed by atoms with Gasteiger partial charge >= 0.3 is 0 Å². The highest BCUT2D eigenvalue weighted by Gasteiger charge is 2.19. The van der Waals surface area contributed by atoms with Crippen LogP contribution in [0.3, 0.4) is 0 Å². The summed E-state index contributed by atoms with van der Waals surface area (Å²) in [7, 11) is 0. The summed E-state index contributed by atoms with van der Waals surface area (Å²) in [4.78, 5) is 0. The molecule has 0 aromatic heterocycles. The maximum Gasteiger partial charge on any atom is 0.137 e. The average molecular weight is 312 g/mol. The second-order valence-electron chi connectivity index (χ2n) is 4.73. The molecule has 2 rings (SSSR count). The summed E-state index contributed by atoms with van der Waals surface area (Å²) in [6.45, 7) is 3.14. The van der Waals surface area contributed by atoms with Crippen LogP contribution in [0.25, 0.3) is 0 Å². The van der Waals surface area contributed by atoms with Crippen molar-refractivity contribution in [2.24, 2.45) is 0 Å². The zero-order valence-corrected chi connectivity index (χ0v) is 12.3. The third-order valence-corrected chi connectivity index (χ3v) is 3.93. The van der Waals surface area contributed by atoms with Crippen LogP contribution in [0.15, 0.2) is 34.3 Å². The molecule has 0 heterocycles. The van der Waals surface area contributed by atoms with Gasteiger partial charge in [0.05, 0.1) is 10.5 Å². The smallest absolute Gasteiger partial charge is 0.137 e. The topological polar surface area (TPSA) is 12.0 Å². The quantitative estimate of drug-likeness (QED) is 0.774. The van der Waals surface area contributed by atoms with Gasteiger partial charge in [-0.3, -0.25) is 0 Å². The first-order valence-electron chi connectivity index (χ1n) is 6.59. The van der Waals surface area contributed by atoms with Crippen LogP contribution in [0.5, 0.6) is 0 Å². The zero-order valence-electron chi connectivity index (χ0n) is 10.7. The van der Waals surface area contributed by atoms with Crippen LogP contribution in [-0.4, -0.2) is 6.54 Å². The van der Waals surface area contributed by atoms with Crippen molar-refractivity contribution >= 4 is 15.9 Å². The van der Waals surface area contributed by atoms with E-state index in [-0.39, 0.29) is 11.9 Å². The third-order valence-electron chi connectivity index (χ3n) is 3.32. The van der Waals surface area contributed by atoms with Crippen molar-refractivity contribution in [1.82, 2.24) is 5.32 Å². The van der Waals surface area contributed by atoms with E-state index in [2.05, 4.69) is 34.2 Å². The molecule has 1 aromatic rings. The van der Waals surface area contributed by atoms with Gasteiger partial charge in [0.2, 0.25) is 0 Å². The minimum atomic E-state index is -0.201. The molecule has 1 aliphatic rings. The Morgan fingerprint density at radius 3 is 2.89 bits per heavy atom. The lowest BCUT2D eigenvalue weighted by Crippen LogP contribution is -2.23. The molecule has 1 nitrogen and oxygen atoms in total. The fourth-order valence-corrected chi connectivity index (χ4v) is 2.80. The zero-order chi connectivity index (χ0) is 13.0.